The third-order valence-electron chi connectivity index (χ3n) is 10.4. The molecule has 39 heavy (non-hydrogen) atoms. The first kappa shape index (κ1) is 24.9. The predicted molar refractivity (Wildman–Crippen MR) is 152 cm³/mol. The van der Waals surface area contributed by atoms with Gasteiger partial charge in [-0.15, -0.1) is 0 Å². The summed E-state index contributed by atoms with van der Waals surface area (Å²) in [6, 6.07) is 15.1. The number of benzene rings is 2. The molecule has 6 unspecified atom stereocenters. The van der Waals surface area contributed by atoms with Gasteiger partial charge in [0.1, 0.15) is 11.2 Å². The van der Waals surface area contributed by atoms with Gasteiger partial charge in [0, 0.05) is 24.2 Å². The fourth-order valence-electron chi connectivity index (χ4n) is 7.87. The first-order valence-corrected chi connectivity index (χ1v) is 15.5. The van der Waals surface area contributed by atoms with E-state index in [9.17, 15) is 0 Å². The maximum Gasteiger partial charge on any atom is 0.477 e. The minimum absolute atomic E-state index is 0.0126. The highest BCUT2D eigenvalue weighted by molar-refractivity contribution is 7.96. The lowest BCUT2D eigenvalue weighted by Gasteiger charge is -2.60. The summed E-state index contributed by atoms with van der Waals surface area (Å²) in [6.07, 6.45) is 6.44. The molecule has 1 aromatic heterocycles. The fraction of sp³-hybridized carbons (Fsp3) is 0.548. The van der Waals surface area contributed by atoms with E-state index in [1.807, 2.05) is 18.4 Å². The highest BCUT2D eigenvalue weighted by atomic mass is 32.2. The number of nitrogens with one attached hydrogen (secondary N) is 1. The van der Waals surface area contributed by atoms with E-state index in [1.165, 1.54) is 28.7 Å². The van der Waals surface area contributed by atoms with Gasteiger partial charge in [-0.3, -0.25) is 4.72 Å². The summed E-state index contributed by atoms with van der Waals surface area (Å²) in [5, 5.41) is 1.16. The molecule has 2 saturated heterocycles. The van der Waals surface area contributed by atoms with Gasteiger partial charge in [-0.1, -0.05) is 62.2 Å². The molecular formula is C31H36BNO5S. The molecule has 2 aromatic carbocycles. The van der Waals surface area contributed by atoms with Crippen LogP contribution in [0.5, 0.6) is 0 Å². The average Bonchev–Trinajstić information content (AvgIpc) is 3.75. The van der Waals surface area contributed by atoms with Crippen LogP contribution in [0, 0.1) is 17.3 Å². The molecule has 3 aliphatic heterocycles. The topological polar surface area (TPSA) is 62.1 Å². The Morgan fingerprint density at radius 1 is 1.13 bits per heavy atom. The summed E-state index contributed by atoms with van der Waals surface area (Å²) in [4.78, 5) is 0. The fourth-order valence-corrected chi connectivity index (χ4v) is 8.71. The maximum absolute atomic E-state index is 6.73. The number of hydrogen-bond acceptors (Lipinski definition) is 7. The van der Waals surface area contributed by atoms with E-state index in [-0.39, 0.29) is 30.9 Å². The number of ether oxygens (including phenoxy) is 2. The van der Waals surface area contributed by atoms with Crippen LogP contribution in [-0.4, -0.2) is 38.5 Å². The highest BCUT2D eigenvalue weighted by Crippen LogP contribution is 2.61. The van der Waals surface area contributed by atoms with Gasteiger partial charge in [0.15, 0.2) is 0 Å². The lowest BCUT2D eigenvalue weighted by Crippen LogP contribution is -2.59. The van der Waals surface area contributed by atoms with Crippen molar-refractivity contribution in [1.29, 1.82) is 0 Å². The molecule has 0 amide bonds. The Labute approximate surface area is 234 Å². The molecule has 204 valence electrons. The SMILES string of the molecule is CC1(C)C2CC3OB(C(Cc4coc5ccccc45)NSCc4ccc5c(c4)COC54CCOC4)OC3C1C2. The zero-order valence-corrected chi connectivity index (χ0v) is 23.5. The van der Waals surface area contributed by atoms with Crippen molar-refractivity contribution in [3.05, 3.63) is 71.0 Å². The predicted octanol–water partition coefficient (Wildman–Crippen LogP) is 5.81. The van der Waals surface area contributed by atoms with Crippen LogP contribution in [0.25, 0.3) is 11.0 Å². The van der Waals surface area contributed by atoms with Crippen LogP contribution in [0.2, 0.25) is 0 Å². The minimum atomic E-state index is -0.271. The number of fused-ring (bicyclic) bond motifs is 3. The molecule has 3 aliphatic carbocycles. The van der Waals surface area contributed by atoms with Crippen molar-refractivity contribution in [1.82, 2.24) is 4.72 Å². The minimum Gasteiger partial charge on any atom is -0.464 e. The molecular weight excluding hydrogens is 509 g/mol. The Morgan fingerprint density at radius 3 is 2.92 bits per heavy atom. The lowest BCUT2D eigenvalue weighted by atomic mass is 9.47. The Bertz CT molecular complexity index is 1390. The number of hydrogen-bond donors (Lipinski definition) is 1. The normalized spacial score (nSPS) is 32.9. The quantitative estimate of drug-likeness (QED) is 0.297. The van der Waals surface area contributed by atoms with E-state index in [4.69, 9.17) is 23.2 Å². The van der Waals surface area contributed by atoms with Crippen molar-refractivity contribution < 1.29 is 23.2 Å². The van der Waals surface area contributed by atoms with Crippen LogP contribution in [0.15, 0.2) is 53.1 Å². The van der Waals surface area contributed by atoms with E-state index < -0.39 is 0 Å². The van der Waals surface area contributed by atoms with Gasteiger partial charge < -0.3 is 23.2 Å². The summed E-state index contributed by atoms with van der Waals surface area (Å²) >= 11 is 1.74. The van der Waals surface area contributed by atoms with Crippen molar-refractivity contribution in [2.45, 2.75) is 75.6 Å². The van der Waals surface area contributed by atoms with Crippen LogP contribution in [0.1, 0.15) is 55.4 Å². The van der Waals surface area contributed by atoms with Crippen LogP contribution >= 0.6 is 11.9 Å². The lowest BCUT2D eigenvalue weighted by molar-refractivity contribution is -0.150. The molecule has 1 spiro atoms. The van der Waals surface area contributed by atoms with Crippen LogP contribution in [-0.2, 0) is 43.2 Å². The molecule has 5 fully saturated rings. The second kappa shape index (κ2) is 9.36. The summed E-state index contributed by atoms with van der Waals surface area (Å²) in [5.41, 5.74) is 6.15. The summed E-state index contributed by atoms with van der Waals surface area (Å²) < 4.78 is 34.9. The molecule has 6 atom stereocenters. The zero-order chi connectivity index (χ0) is 26.2. The van der Waals surface area contributed by atoms with E-state index in [1.54, 1.807) is 11.9 Å². The Balaban J connectivity index is 0.991. The molecule has 4 heterocycles. The van der Waals surface area contributed by atoms with E-state index >= 15 is 0 Å². The highest BCUT2D eigenvalue weighted by Gasteiger charge is 2.62. The molecule has 9 rings (SSSR count). The number of furan rings is 1. The molecule has 8 heteroatoms. The number of para-hydroxylation sites is 1. The third-order valence-corrected chi connectivity index (χ3v) is 11.3. The first-order valence-electron chi connectivity index (χ1n) is 14.5. The smallest absolute Gasteiger partial charge is 0.464 e. The first-order chi connectivity index (χ1) is 19.0. The molecule has 3 saturated carbocycles. The van der Waals surface area contributed by atoms with E-state index in [0.717, 1.165) is 48.5 Å². The molecule has 3 aromatic rings. The largest absolute Gasteiger partial charge is 0.477 e. The van der Waals surface area contributed by atoms with Gasteiger partial charge >= 0.3 is 7.12 Å². The molecule has 0 radical (unpaired) electrons. The van der Waals surface area contributed by atoms with E-state index in [0.29, 0.717) is 24.5 Å². The van der Waals surface area contributed by atoms with Crippen molar-refractivity contribution in [2.75, 3.05) is 13.2 Å². The molecule has 6 nitrogen and oxygen atoms in total. The van der Waals surface area contributed by atoms with Gasteiger partial charge in [-0.25, -0.2) is 0 Å². The van der Waals surface area contributed by atoms with Crippen molar-refractivity contribution >= 4 is 30.0 Å². The van der Waals surface area contributed by atoms with Gasteiger partial charge in [-0.2, -0.15) is 0 Å². The zero-order valence-electron chi connectivity index (χ0n) is 22.7. The Hall–Kier alpha value is -1.81. The summed E-state index contributed by atoms with van der Waals surface area (Å²) in [6.45, 7) is 6.94. The summed E-state index contributed by atoms with van der Waals surface area (Å²) in [7, 11) is -0.271. The second-order valence-corrected chi connectivity index (χ2v) is 13.6. The van der Waals surface area contributed by atoms with Gasteiger partial charge in [0.2, 0.25) is 0 Å². The van der Waals surface area contributed by atoms with Gasteiger partial charge in [0.05, 0.1) is 37.6 Å². The molecule has 1 N–H and O–H groups in total. The van der Waals surface area contributed by atoms with Crippen molar-refractivity contribution in [3.8, 4) is 0 Å². The van der Waals surface area contributed by atoms with Crippen LogP contribution < -0.4 is 4.72 Å². The molecule has 2 bridgehead atoms. The third kappa shape index (κ3) is 4.05. The van der Waals surface area contributed by atoms with Crippen molar-refractivity contribution in [2.24, 2.45) is 17.3 Å². The van der Waals surface area contributed by atoms with Gasteiger partial charge in [0.25, 0.3) is 0 Å². The standard InChI is InChI=1S/C31H36BNO5S/c1-30(2)22-13-25(30)29-27(14-22)37-32(38-29)28(12-20-15-35-26-6-4-3-5-23(20)26)33-39-17-19-7-8-24-21(11-19)16-36-31(24)9-10-34-18-31/h3-8,11,15,22,25,27-29,33H,9-10,12-14,16-18H2,1-2H3. The van der Waals surface area contributed by atoms with E-state index in [2.05, 4.69) is 48.9 Å². The molecule has 6 aliphatic rings. The monoisotopic (exact) mass is 545 g/mol. The Kier molecular flexibility index (Phi) is 5.99. The average molecular weight is 546 g/mol. The second-order valence-electron chi connectivity index (χ2n) is 12.8. The number of rotatable bonds is 7. The van der Waals surface area contributed by atoms with Crippen molar-refractivity contribution in [3.63, 3.8) is 0 Å². The van der Waals surface area contributed by atoms with Gasteiger partial charge in [-0.05, 0) is 64.8 Å². The van der Waals surface area contributed by atoms with Crippen LogP contribution in [0.3, 0.4) is 0 Å². The maximum atomic E-state index is 6.73. The summed E-state index contributed by atoms with van der Waals surface area (Å²) in [5.74, 6) is 2.22. The Morgan fingerprint density at radius 2 is 2.05 bits per heavy atom. The van der Waals surface area contributed by atoms with Crippen LogP contribution in [0.4, 0.5) is 0 Å².